The molecule has 8 nitrogen and oxygen atoms in total. The average molecular weight is 444 g/mol. The average Bonchev–Trinajstić information content (AvgIpc) is 3.28. The van der Waals surface area contributed by atoms with Crippen molar-refractivity contribution in [1.82, 2.24) is 5.32 Å². The van der Waals surface area contributed by atoms with Crippen LogP contribution in [-0.4, -0.2) is 16.9 Å². The summed E-state index contributed by atoms with van der Waals surface area (Å²) in [6, 6.07) is 13.1. The van der Waals surface area contributed by atoms with Gasteiger partial charge in [-0.25, -0.2) is 9.69 Å². The highest BCUT2D eigenvalue weighted by atomic mass is 35.5. The van der Waals surface area contributed by atoms with Crippen molar-refractivity contribution in [1.29, 1.82) is 0 Å². The second kappa shape index (κ2) is 7.66. The van der Waals surface area contributed by atoms with Crippen molar-refractivity contribution in [3.63, 3.8) is 0 Å². The number of nitrogens with zero attached hydrogens (tertiary/aromatic N) is 2. The minimum atomic E-state index is -0.603. The van der Waals surface area contributed by atoms with E-state index in [0.717, 1.165) is 4.90 Å². The van der Waals surface area contributed by atoms with Gasteiger partial charge < -0.3 is 9.73 Å². The molecule has 2 heterocycles. The number of rotatable bonds is 4. The van der Waals surface area contributed by atoms with Gasteiger partial charge in [-0.05, 0) is 48.5 Å². The Morgan fingerprint density at radius 3 is 2.47 bits per heavy atom. The van der Waals surface area contributed by atoms with E-state index in [1.807, 2.05) is 0 Å². The summed E-state index contributed by atoms with van der Waals surface area (Å²) >= 11 is 11.7. The second-order valence-electron chi connectivity index (χ2n) is 6.23. The van der Waals surface area contributed by atoms with Gasteiger partial charge in [0.15, 0.2) is 0 Å². The van der Waals surface area contributed by atoms with Crippen LogP contribution in [0.3, 0.4) is 0 Å². The summed E-state index contributed by atoms with van der Waals surface area (Å²) in [7, 11) is 0. The maximum atomic E-state index is 12.6. The normalized spacial score (nSPS) is 15.0. The number of anilines is 1. The molecule has 0 bridgehead atoms. The zero-order valence-electron chi connectivity index (χ0n) is 15.0. The highest BCUT2D eigenvalue weighted by molar-refractivity contribution is 6.32. The number of imide groups is 1. The molecule has 4 rings (SSSR count). The maximum Gasteiger partial charge on any atom is 0.333 e. The molecule has 0 atom stereocenters. The van der Waals surface area contributed by atoms with Crippen LogP contribution in [0.4, 0.5) is 16.2 Å². The standard InChI is InChI=1S/C20H11Cl2N3O5/c21-12-2-4-13(5-3-12)24-19(26)16(23-20(24)27)10-14-6-8-18(30-14)11-1-7-15(22)17(9-11)25(28)29/h1-10H,(H,23,27)/b16-10-. The van der Waals surface area contributed by atoms with Gasteiger partial charge in [-0.3, -0.25) is 14.9 Å². The Balaban J connectivity index is 1.61. The van der Waals surface area contributed by atoms with E-state index in [9.17, 15) is 19.7 Å². The Labute approximate surface area is 179 Å². The van der Waals surface area contributed by atoms with Gasteiger partial charge in [-0.2, -0.15) is 0 Å². The van der Waals surface area contributed by atoms with Crippen molar-refractivity contribution in [2.75, 3.05) is 4.90 Å². The fourth-order valence-corrected chi connectivity index (χ4v) is 3.21. The molecular formula is C20H11Cl2N3O5. The first-order valence-electron chi connectivity index (χ1n) is 8.50. The summed E-state index contributed by atoms with van der Waals surface area (Å²) in [5.74, 6) is 0.0690. The number of nitro groups is 1. The fraction of sp³-hybridized carbons (Fsp3) is 0. The van der Waals surface area contributed by atoms with Crippen molar-refractivity contribution >= 4 is 52.6 Å². The molecule has 0 aliphatic carbocycles. The number of amides is 3. The quantitative estimate of drug-likeness (QED) is 0.256. The summed E-state index contributed by atoms with van der Waals surface area (Å²) in [4.78, 5) is 36.4. The summed E-state index contributed by atoms with van der Waals surface area (Å²) in [5, 5.41) is 14.1. The predicted octanol–water partition coefficient (Wildman–Crippen LogP) is 5.26. The van der Waals surface area contributed by atoms with Crippen LogP contribution in [0.5, 0.6) is 0 Å². The van der Waals surface area contributed by atoms with Gasteiger partial charge in [0.25, 0.3) is 11.6 Å². The van der Waals surface area contributed by atoms with Gasteiger partial charge in [0.1, 0.15) is 22.2 Å². The van der Waals surface area contributed by atoms with E-state index in [0.29, 0.717) is 22.0 Å². The molecular weight excluding hydrogens is 433 g/mol. The third kappa shape index (κ3) is 3.66. The molecule has 1 aliphatic heterocycles. The van der Waals surface area contributed by atoms with E-state index in [1.54, 1.807) is 42.5 Å². The third-order valence-electron chi connectivity index (χ3n) is 4.30. The van der Waals surface area contributed by atoms with Crippen molar-refractivity contribution < 1.29 is 18.9 Å². The number of furan rings is 1. The smallest absolute Gasteiger partial charge is 0.333 e. The molecule has 1 aromatic heterocycles. The van der Waals surface area contributed by atoms with Crippen molar-refractivity contribution in [3.8, 4) is 11.3 Å². The number of benzene rings is 2. The molecule has 1 fully saturated rings. The van der Waals surface area contributed by atoms with E-state index in [1.165, 1.54) is 18.2 Å². The molecule has 0 saturated carbocycles. The summed E-state index contributed by atoms with van der Waals surface area (Å²) in [6.45, 7) is 0. The molecule has 3 amide bonds. The predicted molar refractivity (Wildman–Crippen MR) is 111 cm³/mol. The lowest BCUT2D eigenvalue weighted by atomic mass is 10.1. The molecule has 2 aromatic carbocycles. The van der Waals surface area contributed by atoms with Gasteiger partial charge in [0.2, 0.25) is 0 Å². The Hall–Kier alpha value is -3.62. The lowest BCUT2D eigenvalue weighted by Crippen LogP contribution is -2.30. The Morgan fingerprint density at radius 1 is 1.03 bits per heavy atom. The first-order valence-corrected chi connectivity index (χ1v) is 9.26. The monoisotopic (exact) mass is 443 g/mol. The lowest BCUT2D eigenvalue weighted by Gasteiger charge is -2.11. The number of carbonyl (C=O) groups is 2. The highest BCUT2D eigenvalue weighted by Crippen LogP contribution is 2.32. The zero-order chi connectivity index (χ0) is 21.4. The first-order chi connectivity index (χ1) is 14.3. The fourth-order valence-electron chi connectivity index (χ4n) is 2.89. The minimum absolute atomic E-state index is 0.0132. The van der Waals surface area contributed by atoms with E-state index < -0.39 is 16.9 Å². The van der Waals surface area contributed by atoms with Crippen LogP contribution >= 0.6 is 23.2 Å². The zero-order valence-corrected chi connectivity index (χ0v) is 16.5. The van der Waals surface area contributed by atoms with Gasteiger partial charge >= 0.3 is 6.03 Å². The van der Waals surface area contributed by atoms with Crippen molar-refractivity contribution in [3.05, 3.63) is 86.2 Å². The van der Waals surface area contributed by atoms with E-state index in [2.05, 4.69) is 5.32 Å². The molecule has 1 N–H and O–H groups in total. The van der Waals surface area contributed by atoms with Gasteiger partial charge in [0.05, 0.1) is 10.6 Å². The number of hydrogen-bond acceptors (Lipinski definition) is 5. The number of hydrogen-bond donors (Lipinski definition) is 1. The largest absolute Gasteiger partial charge is 0.457 e. The maximum absolute atomic E-state index is 12.6. The van der Waals surface area contributed by atoms with Crippen LogP contribution in [0.1, 0.15) is 5.76 Å². The Bertz CT molecular complexity index is 1220. The van der Waals surface area contributed by atoms with Gasteiger partial charge in [-0.1, -0.05) is 23.2 Å². The number of urea groups is 1. The lowest BCUT2D eigenvalue weighted by molar-refractivity contribution is -0.384. The van der Waals surface area contributed by atoms with E-state index >= 15 is 0 Å². The molecule has 1 saturated heterocycles. The molecule has 0 unspecified atom stereocenters. The molecule has 0 radical (unpaired) electrons. The van der Waals surface area contributed by atoms with Crippen LogP contribution in [0.2, 0.25) is 10.0 Å². The van der Waals surface area contributed by atoms with Crippen LogP contribution in [0.25, 0.3) is 17.4 Å². The summed E-state index contributed by atoms with van der Waals surface area (Å²) in [6.07, 6.45) is 1.38. The van der Waals surface area contributed by atoms with Crippen molar-refractivity contribution in [2.45, 2.75) is 0 Å². The first kappa shape index (κ1) is 19.7. The van der Waals surface area contributed by atoms with Crippen LogP contribution in [-0.2, 0) is 4.79 Å². The molecule has 150 valence electrons. The second-order valence-corrected chi connectivity index (χ2v) is 7.07. The van der Waals surface area contributed by atoms with E-state index in [-0.39, 0.29) is 22.2 Å². The van der Waals surface area contributed by atoms with Crippen LogP contribution in [0.15, 0.2) is 64.7 Å². The molecule has 0 spiro atoms. The van der Waals surface area contributed by atoms with Crippen LogP contribution in [0, 0.1) is 10.1 Å². The topological polar surface area (TPSA) is 106 Å². The molecule has 30 heavy (non-hydrogen) atoms. The molecule has 3 aromatic rings. The van der Waals surface area contributed by atoms with Crippen LogP contribution < -0.4 is 10.2 Å². The Kier molecular flexibility index (Phi) is 5.03. The minimum Gasteiger partial charge on any atom is -0.457 e. The third-order valence-corrected chi connectivity index (χ3v) is 4.88. The molecule has 10 heteroatoms. The highest BCUT2D eigenvalue weighted by Gasteiger charge is 2.35. The summed E-state index contributed by atoms with van der Waals surface area (Å²) in [5.41, 5.74) is 0.597. The Morgan fingerprint density at radius 2 is 1.77 bits per heavy atom. The van der Waals surface area contributed by atoms with E-state index in [4.69, 9.17) is 27.6 Å². The van der Waals surface area contributed by atoms with Gasteiger partial charge in [0, 0.05) is 22.7 Å². The molecule has 1 aliphatic rings. The van der Waals surface area contributed by atoms with Gasteiger partial charge in [-0.15, -0.1) is 0 Å². The number of nitro benzene ring substituents is 1. The SMILES string of the molecule is O=C1N/C(=C\c2ccc(-c3ccc(Cl)c([N+](=O)[O-])c3)o2)C(=O)N1c1ccc(Cl)cc1. The number of nitrogens with one attached hydrogen (secondary N) is 1. The number of halogens is 2. The number of carbonyl (C=O) groups excluding carboxylic acids is 2. The van der Waals surface area contributed by atoms with Crippen molar-refractivity contribution in [2.24, 2.45) is 0 Å². The summed E-state index contributed by atoms with van der Waals surface area (Å²) < 4.78 is 5.66.